The molecule has 6 heteroatoms. The molecule has 1 aromatic carbocycles. The van der Waals surface area contributed by atoms with Gasteiger partial charge in [-0.25, -0.2) is 14.5 Å². The molecule has 1 aliphatic rings. The molecule has 0 aliphatic heterocycles. The van der Waals surface area contributed by atoms with Crippen molar-refractivity contribution in [2.24, 2.45) is 5.41 Å². The highest BCUT2D eigenvalue weighted by atomic mass is 16.5. The average Bonchev–Trinajstić information content (AvgIpc) is 2.99. The van der Waals surface area contributed by atoms with E-state index in [0.29, 0.717) is 29.4 Å². The van der Waals surface area contributed by atoms with Gasteiger partial charge in [0.15, 0.2) is 17.1 Å². The van der Waals surface area contributed by atoms with Crippen molar-refractivity contribution in [2.75, 3.05) is 6.61 Å². The van der Waals surface area contributed by atoms with Gasteiger partial charge >= 0.3 is 5.97 Å². The fourth-order valence-corrected chi connectivity index (χ4v) is 3.60. The number of para-hydroxylation sites is 1. The Morgan fingerprint density at radius 3 is 2.67 bits per heavy atom. The van der Waals surface area contributed by atoms with Gasteiger partial charge in [0, 0.05) is 12.0 Å². The van der Waals surface area contributed by atoms with Crippen LogP contribution in [0.15, 0.2) is 36.4 Å². The van der Waals surface area contributed by atoms with Gasteiger partial charge in [-0.15, -0.1) is 0 Å². The number of hydrogen-bond donors (Lipinski definition) is 0. The minimum atomic E-state index is -0.512. The van der Waals surface area contributed by atoms with Gasteiger partial charge in [0.05, 0.1) is 23.4 Å². The number of aromatic nitrogens is 3. The summed E-state index contributed by atoms with van der Waals surface area (Å²) in [5.74, 6) is -0.458. The van der Waals surface area contributed by atoms with Crippen LogP contribution in [-0.4, -0.2) is 33.1 Å². The Balaban J connectivity index is 1.99. The summed E-state index contributed by atoms with van der Waals surface area (Å²) in [7, 11) is 0. The molecular formula is C21H21N3O3. The van der Waals surface area contributed by atoms with Gasteiger partial charge in [0.1, 0.15) is 0 Å². The zero-order chi connectivity index (χ0) is 19.2. The maximum absolute atomic E-state index is 12.6. The second-order valence-electron chi connectivity index (χ2n) is 7.61. The second kappa shape index (κ2) is 6.30. The molecule has 0 amide bonds. The summed E-state index contributed by atoms with van der Waals surface area (Å²) < 4.78 is 6.81. The average molecular weight is 363 g/mol. The Labute approximate surface area is 157 Å². The van der Waals surface area contributed by atoms with Gasteiger partial charge in [-0.3, -0.25) is 4.79 Å². The molecule has 27 heavy (non-hydrogen) atoms. The van der Waals surface area contributed by atoms with E-state index in [-0.39, 0.29) is 23.5 Å². The van der Waals surface area contributed by atoms with Crippen molar-refractivity contribution < 1.29 is 14.3 Å². The van der Waals surface area contributed by atoms with E-state index >= 15 is 0 Å². The monoisotopic (exact) mass is 363 g/mol. The fourth-order valence-electron chi connectivity index (χ4n) is 3.60. The van der Waals surface area contributed by atoms with Crippen LogP contribution in [-0.2, 0) is 11.2 Å². The number of nitrogens with zero attached hydrogens (tertiary/aromatic N) is 3. The number of rotatable bonds is 3. The predicted molar refractivity (Wildman–Crippen MR) is 101 cm³/mol. The van der Waals surface area contributed by atoms with Crippen LogP contribution >= 0.6 is 0 Å². The number of carbonyl (C=O) groups excluding carboxylic acids is 2. The summed E-state index contributed by atoms with van der Waals surface area (Å²) in [5.41, 5.74) is 2.76. The van der Waals surface area contributed by atoms with Crippen LogP contribution in [0.4, 0.5) is 0 Å². The number of ketones is 1. The van der Waals surface area contributed by atoms with Crippen LogP contribution in [0.1, 0.15) is 53.7 Å². The van der Waals surface area contributed by atoms with Crippen molar-refractivity contribution in [3.63, 3.8) is 0 Å². The number of hydrogen-bond acceptors (Lipinski definition) is 5. The third-order valence-electron chi connectivity index (χ3n) is 4.79. The minimum Gasteiger partial charge on any atom is -0.461 e. The molecule has 0 N–H and O–H groups in total. The van der Waals surface area contributed by atoms with Crippen molar-refractivity contribution >= 4 is 22.8 Å². The number of benzene rings is 1. The highest BCUT2D eigenvalue weighted by Crippen LogP contribution is 2.36. The van der Waals surface area contributed by atoms with Gasteiger partial charge < -0.3 is 4.74 Å². The molecule has 6 nitrogen and oxygen atoms in total. The SMILES string of the molecule is CCOC(=O)c1nn(-c2ccccc2)c2nc3c(cc12)C(=O)CC(C)(C)C3. The largest absolute Gasteiger partial charge is 0.461 e. The smallest absolute Gasteiger partial charge is 0.359 e. The Kier molecular flexibility index (Phi) is 4.06. The van der Waals surface area contributed by atoms with Crippen LogP contribution < -0.4 is 0 Å². The van der Waals surface area contributed by atoms with Gasteiger partial charge in [0.25, 0.3) is 0 Å². The zero-order valence-corrected chi connectivity index (χ0v) is 15.7. The zero-order valence-electron chi connectivity index (χ0n) is 15.7. The predicted octanol–water partition coefficient (Wildman–Crippen LogP) is 3.75. The van der Waals surface area contributed by atoms with E-state index in [0.717, 1.165) is 11.4 Å². The number of ether oxygens (including phenoxy) is 1. The maximum atomic E-state index is 12.6. The number of esters is 1. The lowest BCUT2D eigenvalue weighted by atomic mass is 9.75. The van der Waals surface area contributed by atoms with E-state index < -0.39 is 5.97 Å². The Morgan fingerprint density at radius 2 is 1.96 bits per heavy atom. The van der Waals surface area contributed by atoms with Gasteiger partial charge in [-0.05, 0) is 37.0 Å². The van der Waals surface area contributed by atoms with Crippen LogP contribution in [0.5, 0.6) is 0 Å². The fraction of sp³-hybridized carbons (Fsp3) is 0.333. The van der Waals surface area contributed by atoms with E-state index in [1.807, 2.05) is 30.3 Å². The lowest BCUT2D eigenvalue weighted by molar-refractivity contribution is 0.0521. The van der Waals surface area contributed by atoms with Crippen molar-refractivity contribution in [3.05, 3.63) is 53.3 Å². The molecule has 0 bridgehead atoms. The first-order valence-corrected chi connectivity index (χ1v) is 9.08. The summed E-state index contributed by atoms with van der Waals surface area (Å²) in [6.07, 6.45) is 1.17. The summed E-state index contributed by atoms with van der Waals surface area (Å²) in [6.45, 7) is 6.14. The molecule has 0 fully saturated rings. The van der Waals surface area contributed by atoms with Gasteiger partial charge in [-0.2, -0.15) is 5.10 Å². The minimum absolute atomic E-state index is 0.0536. The number of fused-ring (bicyclic) bond motifs is 2. The first-order valence-electron chi connectivity index (χ1n) is 9.08. The van der Waals surface area contributed by atoms with Crippen molar-refractivity contribution in [1.82, 2.24) is 14.8 Å². The summed E-state index contributed by atoms with van der Waals surface area (Å²) in [5, 5.41) is 5.02. The van der Waals surface area contributed by atoms with E-state index in [2.05, 4.69) is 18.9 Å². The molecule has 4 rings (SSSR count). The molecule has 1 aliphatic carbocycles. The first-order chi connectivity index (χ1) is 12.9. The van der Waals surface area contributed by atoms with E-state index in [1.165, 1.54) is 0 Å². The van der Waals surface area contributed by atoms with Crippen molar-refractivity contribution in [1.29, 1.82) is 0 Å². The third kappa shape index (κ3) is 3.01. The van der Waals surface area contributed by atoms with Crippen LogP contribution in [0, 0.1) is 5.41 Å². The van der Waals surface area contributed by atoms with Crippen molar-refractivity contribution in [3.8, 4) is 5.69 Å². The van der Waals surface area contributed by atoms with E-state index in [1.54, 1.807) is 17.7 Å². The summed E-state index contributed by atoms with van der Waals surface area (Å²) in [4.78, 5) is 29.9. The van der Waals surface area contributed by atoms with Crippen LogP contribution in [0.25, 0.3) is 16.7 Å². The first kappa shape index (κ1) is 17.4. The molecule has 0 unspecified atom stereocenters. The molecule has 3 aromatic rings. The summed E-state index contributed by atoms with van der Waals surface area (Å²) >= 11 is 0. The molecule has 0 saturated heterocycles. The Hall–Kier alpha value is -3.02. The Bertz CT molecular complexity index is 1050. The molecular weight excluding hydrogens is 342 g/mol. The molecule has 0 radical (unpaired) electrons. The number of pyridine rings is 1. The quantitative estimate of drug-likeness (QED) is 0.663. The standard InChI is InChI=1S/C21H21N3O3/c1-4-27-20(26)18-15-10-14-16(11-21(2,3)12-17(14)25)22-19(15)24(23-18)13-8-6-5-7-9-13/h5-10H,4,11-12H2,1-3H3. The topological polar surface area (TPSA) is 74.1 Å². The highest BCUT2D eigenvalue weighted by molar-refractivity contribution is 6.06. The second-order valence-corrected chi connectivity index (χ2v) is 7.61. The van der Waals surface area contributed by atoms with Crippen molar-refractivity contribution in [2.45, 2.75) is 33.6 Å². The number of Topliss-reactive ketones (excluding diaryl/α,β-unsaturated/α-hetero) is 1. The molecule has 0 spiro atoms. The molecule has 2 aromatic heterocycles. The Morgan fingerprint density at radius 1 is 1.22 bits per heavy atom. The van der Waals surface area contributed by atoms with Crippen LogP contribution in [0.3, 0.4) is 0 Å². The number of carbonyl (C=O) groups is 2. The van der Waals surface area contributed by atoms with E-state index in [4.69, 9.17) is 9.72 Å². The lowest BCUT2D eigenvalue weighted by Crippen LogP contribution is -2.28. The molecule has 0 atom stereocenters. The maximum Gasteiger partial charge on any atom is 0.359 e. The van der Waals surface area contributed by atoms with E-state index in [9.17, 15) is 9.59 Å². The molecule has 138 valence electrons. The highest BCUT2D eigenvalue weighted by Gasteiger charge is 2.33. The normalized spacial score (nSPS) is 15.6. The van der Waals surface area contributed by atoms with Gasteiger partial charge in [-0.1, -0.05) is 32.0 Å². The molecule has 0 saturated carbocycles. The van der Waals surface area contributed by atoms with Gasteiger partial charge in [0.2, 0.25) is 0 Å². The third-order valence-corrected chi connectivity index (χ3v) is 4.79. The van der Waals surface area contributed by atoms with Crippen LogP contribution in [0.2, 0.25) is 0 Å². The molecule has 2 heterocycles. The summed E-state index contributed by atoms with van der Waals surface area (Å²) in [6, 6.07) is 11.3. The lowest BCUT2D eigenvalue weighted by Gasteiger charge is -2.29.